The predicted molar refractivity (Wildman–Crippen MR) is 119 cm³/mol. The van der Waals surface area contributed by atoms with Crippen LogP contribution in [0, 0.1) is 6.92 Å². The molecule has 1 aromatic heterocycles. The molecule has 4 rings (SSSR count). The minimum atomic E-state index is -0.380. The lowest BCUT2D eigenvalue weighted by atomic mass is 10.1. The summed E-state index contributed by atoms with van der Waals surface area (Å²) in [5.74, 6) is 0.585. The van der Waals surface area contributed by atoms with Crippen LogP contribution in [-0.4, -0.2) is 30.1 Å². The highest BCUT2D eigenvalue weighted by atomic mass is 32.1. The molecule has 0 atom stereocenters. The molecule has 0 radical (unpaired) electrons. The van der Waals surface area contributed by atoms with Crippen molar-refractivity contribution in [2.75, 3.05) is 23.8 Å². The molecule has 0 saturated heterocycles. The summed E-state index contributed by atoms with van der Waals surface area (Å²) in [6.07, 6.45) is 1.43. The molecule has 0 bridgehead atoms. The number of carbonyl (C=O) groups is 2. The SMILES string of the molecule is Cc1ccc(NC(=O)c2ccco2)cc1NC(=S)NC(=O)c1ccc2c(c1)OCCO2. The van der Waals surface area contributed by atoms with Crippen LogP contribution in [0.2, 0.25) is 0 Å². The van der Waals surface area contributed by atoms with Gasteiger partial charge in [-0.25, -0.2) is 0 Å². The van der Waals surface area contributed by atoms with Crippen molar-refractivity contribution in [1.29, 1.82) is 0 Å². The van der Waals surface area contributed by atoms with Crippen molar-refractivity contribution in [3.63, 3.8) is 0 Å². The van der Waals surface area contributed by atoms with Crippen LogP contribution in [0.1, 0.15) is 26.5 Å². The van der Waals surface area contributed by atoms with Crippen molar-refractivity contribution in [3.8, 4) is 11.5 Å². The van der Waals surface area contributed by atoms with Gasteiger partial charge in [0.05, 0.1) is 6.26 Å². The van der Waals surface area contributed by atoms with Crippen LogP contribution in [-0.2, 0) is 0 Å². The van der Waals surface area contributed by atoms with Crippen molar-refractivity contribution in [2.24, 2.45) is 0 Å². The number of furan rings is 1. The van der Waals surface area contributed by atoms with E-state index in [9.17, 15) is 9.59 Å². The van der Waals surface area contributed by atoms with Crippen molar-refractivity contribution in [1.82, 2.24) is 5.32 Å². The quantitative estimate of drug-likeness (QED) is 0.535. The second-order valence-corrected chi connectivity index (χ2v) is 7.14. The fraction of sp³-hybridized carbons (Fsp3) is 0.136. The van der Waals surface area contributed by atoms with Crippen molar-refractivity contribution in [2.45, 2.75) is 6.92 Å². The third-order valence-electron chi connectivity index (χ3n) is 4.52. The van der Waals surface area contributed by atoms with Crippen molar-refractivity contribution in [3.05, 3.63) is 71.7 Å². The Labute approximate surface area is 183 Å². The zero-order valence-electron chi connectivity index (χ0n) is 16.6. The van der Waals surface area contributed by atoms with Crippen LogP contribution in [0.5, 0.6) is 11.5 Å². The number of rotatable bonds is 4. The van der Waals surface area contributed by atoms with Crippen LogP contribution < -0.4 is 25.4 Å². The molecule has 1 aliphatic rings. The van der Waals surface area contributed by atoms with Gasteiger partial charge in [0, 0.05) is 16.9 Å². The molecule has 31 heavy (non-hydrogen) atoms. The molecule has 2 heterocycles. The molecule has 0 saturated carbocycles. The maximum absolute atomic E-state index is 12.6. The lowest BCUT2D eigenvalue weighted by molar-refractivity contribution is 0.0974. The number of fused-ring (bicyclic) bond motifs is 1. The molecule has 0 unspecified atom stereocenters. The summed E-state index contributed by atoms with van der Waals surface area (Å²) in [6.45, 7) is 2.79. The number of anilines is 2. The lowest BCUT2D eigenvalue weighted by Crippen LogP contribution is -2.34. The molecular formula is C22H19N3O5S. The Morgan fingerprint density at radius 1 is 0.935 bits per heavy atom. The highest BCUT2D eigenvalue weighted by Crippen LogP contribution is 2.30. The van der Waals surface area contributed by atoms with E-state index in [1.54, 1.807) is 42.5 Å². The Morgan fingerprint density at radius 2 is 1.74 bits per heavy atom. The van der Waals surface area contributed by atoms with Gasteiger partial charge in [-0.15, -0.1) is 0 Å². The molecule has 2 aromatic carbocycles. The van der Waals surface area contributed by atoms with Crippen LogP contribution in [0.15, 0.2) is 59.2 Å². The maximum atomic E-state index is 12.6. The van der Waals surface area contributed by atoms with E-state index in [2.05, 4.69) is 16.0 Å². The standard InChI is InChI=1S/C22H19N3O5S/c1-13-4-6-15(23-21(27)18-3-2-8-28-18)12-16(13)24-22(31)25-20(26)14-5-7-17-19(11-14)30-10-9-29-17/h2-8,11-12H,9-10H2,1H3,(H,23,27)(H2,24,25,26,31). The molecule has 2 amide bonds. The first-order valence-electron chi connectivity index (χ1n) is 9.47. The Hall–Kier alpha value is -3.85. The number of thiocarbonyl (C=S) groups is 1. The van der Waals surface area contributed by atoms with Crippen LogP contribution in [0.3, 0.4) is 0 Å². The van der Waals surface area contributed by atoms with Gasteiger partial charge in [0.2, 0.25) is 0 Å². The number of amides is 2. The van der Waals surface area contributed by atoms with E-state index in [1.165, 1.54) is 6.26 Å². The predicted octanol–water partition coefficient (Wildman–Crippen LogP) is 3.74. The van der Waals surface area contributed by atoms with E-state index in [0.717, 1.165) is 5.56 Å². The smallest absolute Gasteiger partial charge is 0.291 e. The Balaban J connectivity index is 1.41. The second kappa shape index (κ2) is 8.88. The summed E-state index contributed by atoms with van der Waals surface area (Å²) in [5, 5.41) is 8.51. The normalized spacial score (nSPS) is 12.0. The topological polar surface area (TPSA) is 102 Å². The van der Waals surface area contributed by atoms with Crippen molar-refractivity contribution >= 4 is 40.5 Å². The summed E-state index contributed by atoms with van der Waals surface area (Å²) in [6, 6.07) is 13.5. The summed E-state index contributed by atoms with van der Waals surface area (Å²) in [4.78, 5) is 24.7. The largest absolute Gasteiger partial charge is 0.486 e. The van der Waals surface area contributed by atoms with E-state index >= 15 is 0 Å². The third-order valence-corrected chi connectivity index (χ3v) is 4.72. The van der Waals surface area contributed by atoms with Gasteiger partial charge < -0.3 is 24.5 Å². The lowest BCUT2D eigenvalue weighted by Gasteiger charge is -2.19. The Kier molecular flexibility index (Phi) is 5.85. The molecule has 8 nitrogen and oxygen atoms in total. The number of hydrogen-bond donors (Lipinski definition) is 3. The van der Waals surface area contributed by atoms with Crippen LogP contribution in [0.4, 0.5) is 11.4 Å². The zero-order valence-corrected chi connectivity index (χ0v) is 17.4. The first-order chi connectivity index (χ1) is 15.0. The van der Waals surface area contributed by atoms with Gasteiger partial charge in [-0.3, -0.25) is 14.9 Å². The number of carbonyl (C=O) groups excluding carboxylic acids is 2. The molecular weight excluding hydrogens is 418 g/mol. The van der Waals surface area contributed by atoms with E-state index in [4.69, 9.17) is 26.1 Å². The van der Waals surface area contributed by atoms with E-state index in [1.807, 2.05) is 13.0 Å². The van der Waals surface area contributed by atoms with Gasteiger partial charge in [-0.2, -0.15) is 0 Å². The van der Waals surface area contributed by atoms with Crippen LogP contribution >= 0.6 is 12.2 Å². The van der Waals surface area contributed by atoms with Gasteiger partial charge in [0.25, 0.3) is 11.8 Å². The molecule has 3 N–H and O–H groups in total. The average molecular weight is 437 g/mol. The minimum Gasteiger partial charge on any atom is -0.486 e. The fourth-order valence-electron chi connectivity index (χ4n) is 2.95. The monoisotopic (exact) mass is 437 g/mol. The molecule has 3 aromatic rings. The summed E-state index contributed by atoms with van der Waals surface area (Å²) < 4.78 is 16.1. The zero-order chi connectivity index (χ0) is 21.8. The molecule has 158 valence electrons. The van der Waals surface area contributed by atoms with E-state index in [0.29, 0.717) is 41.7 Å². The van der Waals surface area contributed by atoms with Gasteiger partial charge >= 0.3 is 0 Å². The average Bonchev–Trinajstić information content (AvgIpc) is 3.31. The number of aryl methyl sites for hydroxylation is 1. The summed E-state index contributed by atoms with van der Waals surface area (Å²) >= 11 is 5.29. The van der Waals surface area contributed by atoms with Gasteiger partial charge in [-0.1, -0.05) is 6.07 Å². The van der Waals surface area contributed by atoms with Gasteiger partial charge in [0.1, 0.15) is 13.2 Å². The molecule has 0 aliphatic carbocycles. The highest BCUT2D eigenvalue weighted by molar-refractivity contribution is 7.80. The number of hydrogen-bond acceptors (Lipinski definition) is 6. The first-order valence-corrected chi connectivity index (χ1v) is 9.88. The molecule has 0 fully saturated rings. The second-order valence-electron chi connectivity index (χ2n) is 6.73. The summed E-state index contributed by atoms with van der Waals surface area (Å²) in [5.41, 5.74) is 2.47. The molecule has 1 aliphatic heterocycles. The number of benzene rings is 2. The van der Waals surface area contributed by atoms with Gasteiger partial charge in [-0.05, 0) is 67.2 Å². The number of ether oxygens (including phenoxy) is 2. The van der Waals surface area contributed by atoms with Crippen LogP contribution in [0.25, 0.3) is 0 Å². The van der Waals surface area contributed by atoms with E-state index in [-0.39, 0.29) is 22.7 Å². The van der Waals surface area contributed by atoms with Crippen molar-refractivity contribution < 1.29 is 23.5 Å². The minimum absolute atomic E-state index is 0.123. The maximum Gasteiger partial charge on any atom is 0.291 e. The number of nitrogens with one attached hydrogen (secondary N) is 3. The third kappa shape index (κ3) is 4.84. The van der Waals surface area contributed by atoms with Gasteiger partial charge in [0.15, 0.2) is 22.4 Å². The highest BCUT2D eigenvalue weighted by Gasteiger charge is 2.16. The van der Waals surface area contributed by atoms with E-state index < -0.39 is 0 Å². The summed E-state index contributed by atoms with van der Waals surface area (Å²) in [7, 11) is 0. The fourth-order valence-corrected chi connectivity index (χ4v) is 3.15. The Bertz CT molecular complexity index is 1140. The molecule has 9 heteroatoms. The molecule has 0 spiro atoms. The first kappa shape index (κ1) is 20.4. The Morgan fingerprint density at radius 3 is 2.52 bits per heavy atom.